The number of rotatable bonds is 6. The van der Waals surface area contributed by atoms with Gasteiger partial charge in [0.15, 0.2) is 12.2 Å². The molecule has 1 heterocycles. The summed E-state index contributed by atoms with van der Waals surface area (Å²) in [5.41, 5.74) is 0. The number of nitrogens with one attached hydrogen (secondary N) is 2. The molecule has 0 bridgehead atoms. The third-order valence-corrected chi connectivity index (χ3v) is 4.04. The number of likely N-dealkylation sites (N-methyl/N-ethyl adjacent to an activating group) is 1. The summed E-state index contributed by atoms with van der Waals surface area (Å²) in [6.45, 7) is 3.15. The molecule has 1 aliphatic rings. The second kappa shape index (κ2) is 10.4. The fourth-order valence-electron chi connectivity index (χ4n) is 2.49. The molecule has 1 aliphatic heterocycles. The zero-order valence-electron chi connectivity index (χ0n) is 15.5. The zero-order chi connectivity index (χ0) is 21.6. The number of halogens is 3. The van der Waals surface area contributed by atoms with Crippen LogP contribution in [0.4, 0.5) is 0 Å². The van der Waals surface area contributed by atoms with Gasteiger partial charge in [0.25, 0.3) is 3.79 Å². The number of esters is 3. The van der Waals surface area contributed by atoms with E-state index in [-0.39, 0.29) is 6.61 Å². The van der Waals surface area contributed by atoms with E-state index in [4.69, 9.17) is 63.9 Å². The van der Waals surface area contributed by atoms with Gasteiger partial charge in [-0.25, -0.2) is 0 Å². The molecule has 0 spiro atoms. The van der Waals surface area contributed by atoms with Crippen molar-refractivity contribution in [1.82, 2.24) is 5.32 Å². The Morgan fingerprint density at radius 3 is 1.96 bits per heavy atom. The van der Waals surface area contributed by atoms with Crippen molar-refractivity contribution in [3.8, 4) is 0 Å². The summed E-state index contributed by atoms with van der Waals surface area (Å²) < 4.78 is 24.3. The highest BCUT2D eigenvalue weighted by Crippen LogP contribution is 2.32. The van der Waals surface area contributed by atoms with Gasteiger partial charge >= 0.3 is 17.9 Å². The first-order chi connectivity index (χ1) is 12.9. The lowest BCUT2D eigenvalue weighted by Gasteiger charge is -2.44. The molecule has 0 radical (unpaired) electrons. The van der Waals surface area contributed by atoms with Gasteiger partial charge in [0.1, 0.15) is 18.8 Å². The van der Waals surface area contributed by atoms with E-state index in [2.05, 4.69) is 5.32 Å². The van der Waals surface area contributed by atoms with Crippen molar-refractivity contribution in [2.45, 2.75) is 55.2 Å². The third kappa shape index (κ3) is 7.25. The van der Waals surface area contributed by atoms with Crippen LogP contribution in [0.15, 0.2) is 0 Å². The average molecular weight is 464 g/mol. The Balaban J connectivity index is 3.24. The van der Waals surface area contributed by atoms with Crippen molar-refractivity contribution in [1.29, 1.82) is 5.41 Å². The first kappa shape index (κ1) is 24.7. The summed E-state index contributed by atoms with van der Waals surface area (Å²) in [5.74, 6) is -2.72. The summed E-state index contributed by atoms with van der Waals surface area (Å²) >= 11 is 16.9. The monoisotopic (exact) mass is 462 g/mol. The summed E-state index contributed by atoms with van der Waals surface area (Å²) in [7, 11) is 1.50. The van der Waals surface area contributed by atoms with Crippen LogP contribution in [0.1, 0.15) is 20.8 Å². The van der Waals surface area contributed by atoms with Crippen molar-refractivity contribution < 1.29 is 38.1 Å². The third-order valence-electron chi connectivity index (χ3n) is 3.53. The van der Waals surface area contributed by atoms with Gasteiger partial charge in [-0.05, 0) is 7.05 Å². The van der Waals surface area contributed by atoms with Crippen LogP contribution in [0, 0.1) is 5.41 Å². The van der Waals surface area contributed by atoms with Crippen LogP contribution >= 0.6 is 34.8 Å². The first-order valence-electron chi connectivity index (χ1n) is 7.99. The first-order valence-corrected chi connectivity index (χ1v) is 9.13. The number of hydrogen-bond donors (Lipinski definition) is 2. The van der Waals surface area contributed by atoms with Crippen molar-refractivity contribution in [3.63, 3.8) is 0 Å². The predicted molar refractivity (Wildman–Crippen MR) is 98.4 cm³/mol. The molecule has 28 heavy (non-hydrogen) atoms. The highest BCUT2D eigenvalue weighted by Gasteiger charge is 2.51. The normalized spacial score (nSPS) is 27.5. The highest BCUT2D eigenvalue weighted by atomic mass is 35.6. The molecular formula is C15H21Cl3N2O8. The number of hydrogen-bond acceptors (Lipinski definition) is 10. The Morgan fingerprint density at radius 2 is 1.54 bits per heavy atom. The van der Waals surface area contributed by atoms with Crippen LogP contribution < -0.4 is 5.32 Å². The maximum atomic E-state index is 11.6. The summed E-state index contributed by atoms with van der Waals surface area (Å²) in [5, 5.41) is 10.5. The SMILES string of the molecule is CNC1C(OC(=N)C(Cl)(Cl)Cl)OC(COC(C)=O)C(OC(C)=O)C1OC(C)=O. The quantitative estimate of drug-likeness (QED) is 0.195. The Labute approximate surface area is 176 Å². The lowest BCUT2D eigenvalue weighted by molar-refractivity contribution is -0.260. The van der Waals surface area contributed by atoms with Crippen LogP contribution in [0.5, 0.6) is 0 Å². The molecule has 0 aromatic rings. The minimum atomic E-state index is -2.17. The minimum Gasteiger partial charge on any atom is -0.463 e. The van der Waals surface area contributed by atoms with E-state index >= 15 is 0 Å². The minimum absolute atomic E-state index is 0.345. The Kier molecular flexibility index (Phi) is 9.22. The molecule has 2 N–H and O–H groups in total. The summed E-state index contributed by atoms with van der Waals surface area (Å²) in [4.78, 5) is 34.3. The largest absolute Gasteiger partial charge is 0.463 e. The Bertz CT molecular complexity index is 613. The van der Waals surface area contributed by atoms with Gasteiger partial charge in [0.2, 0.25) is 12.2 Å². The van der Waals surface area contributed by atoms with E-state index in [1.807, 2.05) is 0 Å². The molecule has 0 aliphatic carbocycles. The van der Waals surface area contributed by atoms with Crippen molar-refractivity contribution in [2.75, 3.05) is 13.7 Å². The number of carbonyl (C=O) groups is 3. The molecule has 1 fully saturated rings. The van der Waals surface area contributed by atoms with Gasteiger partial charge < -0.3 is 29.0 Å². The topological polar surface area (TPSA) is 133 Å². The number of alkyl halides is 3. The average Bonchev–Trinajstić information content (AvgIpc) is 2.53. The maximum Gasteiger partial charge on any atom is 0.303 e. The molecule has 1 saturated heterocycles. The van der Waals surface area contributed by atoms with E-state index in [0.717, 1.165) is 13.8 Å². The van der Waals surface area contributed by atoms with Gasteiger partial charge in [0, 0.05) is 20.8 Å². The van der Waals surface area contributed by atoms with Gasteiger partial charge in [-0.15, -0.1) is 0 Å². The zero-order valence-corrected chi connectivity index (χ0v) is 17.8. The van der Waals surface area contributed by atoms with E-state index < -0.39 is 58.2 Å². The number of carbonyl (C=O) groups excluding carboxylic acids is 3. The van der Waals surface area contributed by atoms with Crippen LogP contribution in [0.3, 0.4) is 0 Å². The molecule has 10 nitrogen and oxygen atoms in total. The van der Waals surface area contributed by atoms with E-state index in [0.29, 0.717) is 0 Å². The standard InChI is InChI=1S/C15H21Cl3N2O8/c1-6(21)24-5-9-11(25-7(2)22)12(26-8(3)23)10(20-4)13(27-9)28-14(19)15(16,17)18/h9-13,19-20H,5H2,1-4H3. The summed E-state index contributed by atoms with van der Waals surface area (Å²) in [6, 6.07) is -0.922. The molecule has 5 unspecified atom stereocenters. The Hall–Kier alpha value is -1.33. The highest BCUT2D eigenvalue weighted by molar-refractivity contribution is 6.76. The second-order valence-corrected chi connectivity index (χ2v) is 8.03. The van der Waals surface area contributed by atoms with Crippen molar-refractivity contribution in [2.24, 2.45) is 0 Å². The lowest BCUT2D eigenvalue weighted by Crippen LogP contribution is -2.66. The fraction of sp³-hybridized carbons (Fsp3) is 0.733. The van der Waals surface area contributed by atoms with E-state index in [1.54, 1.807) is 0 Å². The molecule has 5 atom stereocenters. The van der Waals surface area contributed by atoms with Crippen LogP contribution in [-0.4, -0.2) is 71.9 Å². The molecule has 0 saturated carbocycles. The van der Waals surface area contributed by atoms with Crippen molar-refractivity contribution >= 4 is 58.6 Å². The number of ether oxygens (including phenoxy) is 5. The van der Waals surface area contributed by atoms with Crippen LogP contribution in [-0.2, 0) is 38.1 Å². The van der Waals surface area contributed by atoms with Gasteiger partial charge in [-0.1, -0.05) is 34.8 Å². The maximum absolute atomic E-state index is 11.6. The second-order valence-electron chi connectivity index (χ2n) is 5.75. The molecule has 0 amide bonds. The molecule has 0 aromatic heterocycles. The van der Waals surface area contributed by atoms with Gasteiger partial charge in [0.05, 0.1) is 0 Å². The lowest BCUT2D eigenvalue weighted by atomic mass is 9.96. The molecule has 1 rings (SSSR count). The Morgan fingerprint density at radius 1 is 1.00 bits per heavy atom. The molecule has 13 heteroatoms. The van der Waals surface area contributed by atoms with Gasteiger partial charge in [-0.3, -0.25) is 19.8 Å². The van der Waals surface area contributed by atoms with Crippen LogP contribution in [0.25, 0.3) is 0 Å². The van der Waals surface area contributed by atoms with Gasteiger partial charge in [-0.2, -0.15) is 0 Å². The fourth-order valence-corrected chi connectivity index (χ4v) is 2.62. The predicted octanol–water partition coefficient (Wildman–Crippen LogP) is 1.09. The van der Waals surface area contributed by atoms with Crippen molar-refractivity contribution in [3.05, 3.63) is 0 Å². The molecule has 0 aromatic carbocycles. The van der Waals surface area contributed by atoms with E-state index in [1.165, 1.54) is 14.0 Å². The van der Waals surface area contributed by atoms with Crippen LogP contribution in [0.2, 0.25) is 0 Å². The van der Waals surface area contributed by atoms with E-state index in [9.17, 15) is 14.4 Å². The molecular weight excluding hydrogens is 443 g/mol. The smallest absolute Gasteiger partial charge is 0.303 e. The summed E-state index contributed by atoms with van der Waals surface area (Å²) in [6.07, 6.45) is -4.64. The molecule has 160 valence electrons.